The lowest BCUT2D eigenvalue weighted by Crippen LogP contribution is -2.41. The minimum absolute atomic E-state index is 0.100. The summed E-state index contributed by atoms with van der Waals surface area (Å²) in [5.41, 5.74) is 1.52. The second-order valence-electron chi connectivity index (χ2n) is 8.24. The highest BCUT2D eigenvalue weighted by atomic mass is 16.5. The molecule has 1 heterocycles. The number of aromatic nitrogens is 2. The second-order valence-corrected chi connectivity index (χ2v) is 8.24. The third kappa shape index (κ3) is 5.88. The third-order valence-corrected chi connectivity index (χ3v) is 5.93. The number of amides is 2. The van der Waals surface area contributed by atoms with E-state index in [1.807, 2.05) is 32.0 Å². The predicted octanol–water partition coefficient (Wildman–Crippen LogP) is 5.38. The van der Waals surface area contributed by atoms with Crippen LogP contribution in [0.5, 0.6) is 0 Å². The van der Waals surface area contributed by atoms with Crippen molar-refractivity contribution in [2.24, 2.45) is 0 Å². The molecule has 0 aliphatic rings. The zero-order valence-electron chi connectivity index (χ0n) is 20.9. The topological polar surface area (TPSA) is 93.5 Å². The summed E-state index contributed by atoms with van der Waals surface area (Å²) in [6.45, 7) is 9.01. The number of carbonyl (C=O) groups excluding carboxylic acids is 2. The van der Waals surface area contributed by atoms with Gasteiger partial charge in [-0.25, -0.2) is 14.6 Å². The molecule has 0 fully saturated rings. The molecule has 3 aromatic rings. The van der Waals surface area contributed by atoms with Gasteiger partial charge in [-0.2, -0.15) is 0 Å². The number of unbranched alkanes of at least 4 members (excludes halogenated alkanes) is 1. The molecule has 1 aromatic heterocycles. The summed E-state index contributed by atoms with van der Waals surface area (Å²) in [6, 6.07) is 13.3. The maximum absolute atomic E-state index is 13.5. The molecule has 0 saturated carbocycles. The molecule has 8 nitrogen and oxygen atoms in total. The van der Waals surface area contributed by atoms with Crippen LogP contribution in [0.4, 0.5) is 10.5 Å². The number of benzene rings is 2. The molecular weight excluding hydrogens is 444 g/mol. The van der Waals surface area contributed by atoms with Gasteiger partial charge in [-0.3, -0.25) is 9.36 Å². The largest absolute Gasteiger partial charge is 0.462 e. The lowest BCUT2D eigenvalue weighted by Gasteiger charge is -2.32. The van der Waals surface area contributed by atoms with Crippen LogP contribution >= 0.6 is 0 Å². The molecule has 2 aromatic carbocycles. The summed E-state index contributed by atoms with van der Waals surface area (Å²) in [5.74, 6) is 0.184. The Hall–Kier alpha value is -3.68. The lowest BCUT2D eigenvalue weighted by atomic mass is 10.1. The van der Waals surface area contributed by atoms with Gasteiger partial charge in [-0.15, -0.1) is 0 Å². The molecule has 8 heteroatoms. The Kier molecular flexibility index (Phi) is 9.00. The first-order chi connectivity index (χ1) is 16.9. The zero-order chi connectivity index (χ0) is 25.4. The minimum Gasteiger partial charge on any atom is -0.462 e. The van der Waals surface area contributed by atoms with E-state index in [1.165, 1.54) is 0 Å². The summed E-state index contributed by atoms with van der Waals surface area (Å²) < 4.78 is 6.68. The van der Waals surface area contributed by atoms with Crippen LogP contribution in [0.25, 0.3) is 10.9 Å². The van der Waals surface area contributed by atoms with Crippen molar-refractivity contribution < 1.29 is 14.3 Å². The average Bonchev–Trinajstić information content (AvgIpc) is 2.87. The van der Waals surface area contributed by atoms with E-state index in [1.54, 1.807) is 46.7 Å². The van der Waals surface area contributed by atoms with Gasteiger partial charge in [0.1, 0.15) is 5.82 Å². The Bertz CT molecular complexity index is 1220. The Morgan fingerprint density at radius 3 is 2.40 bits per heavy atom. The Balaban J connectivity index is 1.95. The van der Waals surface area contributed by atoms with E-state index in [0.717, 1.165) is 12.8 Å². The molecule has 186 valence electrons. The van der Waals surface area contributed by atoms with Crippen LogP contribution in [0.3, 0.4) is 0 Å². The summed E-state index contributed by atoms with van der Waals surface area (Å²) in [7, 11) is 0. The lowest BCUT2D eigenvalue weighted by molar-refractivity contribution is 0.0526. The van der Waals surface area contributed by atoms with Crippen LogP contribution in [0.1, 0.15) is 69.2 Å². The van der Waals surface area contributed by atoms with Crippen molar-refractivity contribution in [1.82, 2.24) is 14.5 Å². The number of hydrogen-bond donors (Lipinski definition) is 1. The summed E-state index contributed by atoms with van der Waals surface area (Å²) >= 11 is 0. The van der Waals surface area contributed by atoms with Crippen LogP contribution in [-0.4, -0.2) is 39.6 Å². The molecule has 0 radical (unpaired) electrons. The van der Waals surface area contributed by atoms with E-state index >= 15 is 0 Å². The number of fused-ring (bicyclic) bond motifs is 1. The summed E-state index contributed by atoms with van der Waals surface area (Å²) in [4.78, 5) is 45.2. The number of nitrogens with one attached hydrogen (secondary N) is 1. The maximum Gasteiger partial charge on any atom is 0.338 e. The number of anilines is 1. The first kappa shape index (κ1) is 25.9. The van der Waals surface area contributed by atoms with Crippen LogP contribution in [0.15, 0.2) is 53.3 Å². The van der Waals surface area contributed by atoms with Crippen LogP contribution < -0.4 is 10.9 Å². The SMILES string of the molecule is CCCCN(C(=O)Nc1ccc(C(=O)OCC)cc1)C(CC)c1nc2ccccc2c(=O)n1CC. The van der Waals surface area contributed by atoms with E-state index < -0.39 is 5.97 Å². The van der Waals surface area contributed by atoms with Crippen molar-refractivity contribution in [3.05, 3.63) is 70.3 Å². The van der Waals surface area contributed by atoms with Gasteiger partial charge in [0.15, 0.2) is 0 Å². The molecule has 1 unspecified atom stereocenters. The molecular formula is C27H34N4O4. The molecule has 2 amide bonds. The number of carbonyl (C=O) groups is 2. The van der Waals surface area contributed by atoms with Crippen LogP contribution in [-0.2, 0) is 11.3 Å². The number of rotatable bonds is 10. The molecule has 0 aliphatic carbocycles. The Labute approximate surface area is 205 Å². The van der Waals surface area contributed by atoms with Crippen molar-refractivity contribution in [2.75, 3.05) is 18.5 Å². The third-order valence-electron chi connectivity index (χ3n) is 5.93. The van der Waals surface area contributed by atoms with E-state index in [0.29, 0.717) is 54.1 Å². The van der Waals surface area contributed by atoms with Crippen molar-refractivity contribution >= 4 is 28.6 Å². The second kappa shape index (κ2) is 12.1. The minimum atomic E-state index is -0.402. The molecule has 1 atom stereocenters. The fourth-order valence-electron chi connectivity index (χ4n) is 4.11. The molecule has 35 heavy (non-hydrogen) atoms. The highest BCUT2D eigenvalue weighted by Gasteiger charge is 2.28. The molecule has 3 rings (SSSR count). The van der Waals surface area contributed by atoms with Crippen molar-refractivity contribution in [2.45, 2.75) is 59.5 Å². The standard InChI is InChI=1S/C27H34N4O4/c1-5-9-18-31(27(34)28-20-16-14-19(15-17-20)26(33)35-8-4)23(6-2)24-29-22-13-11-10-12-21(22)25(32)30(24)7-3/h10-17,23H,5-9,18H2,1-4H3,(H,28,34). The molecule has 0 aliphatic heterocycles. The Morgan fingerprint density at radius 1 is 1.06 bits per heavy atom. The normalized spacial score (nSPS) is 11.8. The van der Waals surface area contributed by atoms with Gasteiger partial charge in [-0.1, -0.05) is 32.4 Å². The quantitative estimate of drug-likeness (QED) is 0.395. The summed E-state index contributed by atoms with van der Waals surface area (Å²) in [5, 5.41) is 3.51. The molecule has 0 saturated heterocycles. The smallest absolute Gasteiger partial charge is 0.338 e. The maximum atomic E-state index is 13.5. The Morgan fingerprint density at radius 2 is 1.77 bits per heavy atom. The fraction of sp³-hybridized carbons (Fsp3) is 0.407. The van der Waals surface area contributed by atoms with Gasteiger partial charge < -0.3 is 15.0 Å². The number of esters is 1. The van der Waals surface area contributed by atoms with Crippen molar-refractivity contribution in [3.8, 4) is 0 Å². The number of para-hydroxylation sites is 1. The highest BCUT2D eigenvalue weighted by Crippen LogP contribution is 2.25. The average molecular weight is 479 g/mol. The number of urea groups is 1. The number of ether oxygens (including phenoxy) is 1. The van der Waals surface area contributed by atoms with Crippen LogP contribution in [0, 0.1) is 0 Å². The fourth-order valence-corrected chi connectivity index (χ4v) is 4.11. The monoisotopic (exact) mass is 478 g/mol. The van der Waals surface area contributed by atoms with E-state index in [4.69, 9.17) is 9.72 Å². The first-order valence-corrected chi connectivity index (χ1v) is 12.3. The van der Waals surface area contributed by atoms with Gasteiger partial charge in [0.2, 0.25) is 0 Å². The molecule has 1 N–H and O–H groups in total. The van der Waals surface area contributed by atoms with E-state index in [9.17, 15) is 14.4 Å². The number of nitrogens with zero attached hydrogens (tertiary/aromatic N) is 3. The van der Waals surface area contributed by atoms with Crippen molar-refractivity contribution in [1.29, 1.82) is 0 Å². The molecule has 0 bridgehead atoms. The van der Waals surface area contributed by atoms with Gasteiger partial charge in [-0.05, 0) is 63.1 Å². The van der Waals surface area contributed by atoms with Crippen LogP contribution in [0.2, 0.25) is 0 Å². The predicted molar refractivity (Wildman–Crippen MR) is 138 cm³/mol. The highest BCUT2D eigenvalue weighted by molar-refractivity contribution is 5.92. The zero-order valence-corrected chi connectivity index (χ0v) is 20.9. The van der Waals surface area contributed by atoms with Gasteiger partial charge in [0.25, 0.3) is 5.56 Å². The van der Waals surface area contributed by atoms with E-state index in [2.05, 4.69) is 12.2 Å². The van der Waals surface area contributed by atoms with Gasteiger partial charge >= 0.3 is 12.0 Å². The number of hydrogen-bond acceptors (Lipinski definition) is 5. The molecule has 0 spiro atoms. The van der Waals surface area contributed by atoms with Crippen molar-refractivity contribution in [3.63, 3.8) is 0 Å². The van der Waals surface area contributed by atoms with Gasteiger partial charge in [0.05, 0.1) is 29.1 Å². The summed E-state index contributed by atoms with van der Waals surface area (Å²) in [6.07, 6.45) is 2.33. The first-order valence-electron chi connectivity index (χ1n) is 12.3. The van der Waals surface area contributed by atoms with Gasteiger partial charge in [0, 0.05) is 18.8 Å². The van der Waals surface area contributed by atoms with E-state index in [-0.39, 0.29) is 17.6 Å².